The summed E-state index contributed by atoms with van der Waals surface area (Å²) in [5.74, 6) is 0.0168. The lowest BCUT2D eigenvalue weighted by molar-refractivity contribution is -0.137. The van der Waals surface area contributed by atoms with Gasteiger partial charge in [-0.15, -0.1) is 0 Å². The van der Waals surface area contributed by atoms with E-state index in [2.05, 4.69) is 29.2 Å². The highest BCUT2D eigenvalue weighted by molar-refractivity contribution is 6.32. The first-order chi connectivity index (χ1) is 15.3. The summed E-state index contributed by atoms with van der Waals surface area (Å²) in [5, 5.41) is 9.26. The van der Waals surface area contributed by atoms with E-state index in [4.69, 9.17) is 11.6 Å². The van der Waals surface area contributed by atoms with Crippen LogP contribution < -0.4 is 0 Å². The molecular formula is C26H27ClF3NO. The molecule has 0 aromatic heterocycles. The van der Waals surface area contributed by atoms with Crippen molar-refractivity contribution >= 4 is 11.6 Å². The average molecular weight is 462 g/mol. The molecule has 3 aromatic carbocycles. The monoisotopic (exact) mass is 461 g/mol. The van der Waals surface area contributed by atoms with Crippen molar-refractivity contribution in [1.29, 1.82) is 0 Å². The topological polar surface area (TPSA) is 23.5 Å². The van der Waals surface area contributed by atoms with E-state index in [9.17, 15) is 18.3 Å². The first kappa shape index (κ1) is 24.3. The summed E-state index contributed by atoms with van der Waals surface area (Å²) in [6, 6.07) is 24.1. The molecule has 0 saturated heterocycles. The maximum atomic E-state index is 13.4. The summed E-state index contributed by atoms with van der Waals surface area (Å²) in [6.45, 7) is 2.79. The molecule has 0 spiro atoms. The van der Waals surface area contributed by atoms with E-state index in [0.29, 0.717) is 18.5 Å². The highest BCUT2D eigenvalue weighted by Crippen LogP contribution is 2.37. The highest BCUT2D eigenvalue weighted by atomic mass is 35.5. The predicted octanol–water partition coefficient (Wildman–Crippen LogP) is 6.76. The Kier molecular flexibility index (Phi) is 8.35. The summed E-state index contributed by atoms with van der Waals surface area (Å²) in [4.78, 5) is 2.10. The predicted molar refractivity (Wildman–Crippen MR) is 123 cm³/mol. The Hall–Kier alpha value is -2.34. The van der Waals surface area contributed by atoms with Gasteiger partial charge in [-0.2, -0.15) is 13.2 Å². The van der Waals surface area contributed by atoms with Gasteiger partial charge in [-0.3, -0.25) is 4.90 Å². The summed E-state index contributed by atoms with van der Waals surface area (Å²) in [6.07, 6.45) is -4.00. The molecule has 6 heteroatoms. The van der Waals surface area contributed by atoms with E-state index in [1.54, 1.807) is 6.07 Å². The number of hydrogen-bond acceptors (Lipinski definition) is 2. The van der Waals surface area contributed by atoms with Crippen LogP contribution in [-0.4, -0.2) is 29.2 Å². The van der Waals surface area contributed by atoms with E-state index < -0.39 is 11.7 Å². The molecule has 0 saturated carbocycles. The number of alkyl halides is 3. The SMILES string of the molecule is C[C@H](CCO)N(Cc1cccc(C(F)(F)F)c1Cl)CC(c1ccccc1)c1ccccc1. The molecule has 1 atom stereocenters. The molecule has 0 heterocycles. The van der Waals surface area contributed by atoms with Crippen LogP contribution >= 0.6 is 11.6 Å². The number of nitrogens with zero attached hydrogens (tertiary/aromatic N) is 1. The van der Waals surface area contributed by atoms with Gasteiger partial charge in [0.2, 0.25) is 0 Å². The van der Waals surface area contributed by atoms with E-state index >= 15 is 0 Å². The summed E-state index contributed by atoms with van der Waals surface area (Å²) >= 11 is 6.19. The fourth-order valence-electron chi connectivity index (χ4n) is 3.92. The molecule has 0 aliphatic heterocycles. The Morgan fingerprint density at radius 3 is 1.94 bits per heavy atom. The lowest BCUT2D eigenvalue weighted by atomic mass is 9.90. The third kappa shape index (κ3) is 6.12. The van der Waals surface area contributed by atoms with Crippen molar-refractivity contribution in [3.8, 4) is 0 Å². The second-order valence-corrected chi connectivity index (χ2v) is 8.32. The second kappa shape index (κ2) is 11.0. The number of aliphatic hydroxyl groups excluding tert-OH is 1. The van der Waals surface area contributed by atoms with Gasteiger partial charge in [-0.05, 0) is 36.1 Å². The minimum Gasteiger partial charge on any atom is -0.396 e. The zero-order valence-electron chi connectivity index (χ0n) is 17.9. The van der Waals surface area contributed by atoms with E-state index in [-0.39, 0.29) is 30.1 Å². The molecule has 0 aliphatic rings. The van der Waals surface area contributed by atoms with Crippen LogP contribution in [0, 0.1) is 0 Å². The van der Waals surface area contributed by atoms with Crippen molar-refractivity contribution in [3.63, 3.8) is 0 Å². The minimum absolute atomic E-state index is 0.00463. The van der Waals surface area contributed by atoms with Crippen molar-refractivity contribution in [2.45, 2.75) is 38.0 Å². The van der Waals surface area contributed by atoms with Crippen LogP contribution in [0.2, 0.25) is 5.02 Å². The fraction of sp³-hybridized carbons (Fsp3) is 0.308. The second-order valence-electron chi connectivity index (χ2n) is 7.94. The fourth-order valence-corrected chi connectivity index (χ4v) is 4.21. The van der Waals surface area contributed by atoms with Crippen molar-refractivity contribution in [2.75, 3.05) is 13.2 Å². The first-order valence-corrected chi connectivity index (χ1v) is 11.0. The maximum Gasteiger partial charge on any atom is 0.417 e. The minimum atomic E-state index is -4.51. The molecular weight excluding hydrogens is 435 g/mol. The van der Waals surface area contributed by atoms with Crippen LogP contribution in [-0.2, 0) is 12.7 Å². The highest BCUT2D eigenvalue weighted by Gasteiger charge is 2.34. The molecule has 0 amide bonds. The smallest absolute Gasteiger partial charge is 0.396 e. The summed E-state index contributed by atoms with van der Waals surface area (Å²) in [5.41, 5.74) is 1.84. The molecule has 0 unspecified atom stereocenters. The third-order valence-electron chi connectivity index (χ3n) is 5.75. The molecule has 3 rings (SSSR count). The van der Waals surface area contributed by atoms with Crippen LogP contribution in [0.4, 0.5) is 13.2 Å². The number of aliphatic hydroxyl groups is 1. The number of halogens is 4. The average Bonchev–Trinajstić information content (AvgIpc) is 2.78. The summed E-state index contributed by atoms with van der Waals surface area (Å²) in [7, 11) is 0. The van der Waals surface area contributed by atoms with Gasteiger partial charge >= 0.3 is 6.18 Å². The maximum absolute atomic E-state index is 13.4. The normalized spacial score (nSPS) is 13.0. The Morgan fingerprint density at radius 1 is 0.875 bits per heavy atom. The molecule has 0 fully saturated rings. The molecule has 32 heavy (non-hydrogen) atoms. The van der Waals surface area contributed by atoms with E-state index in [0.717, 1.165) is 17.2 Å². The Labute approximate surface area is 192 Å². The lowest BCUT2D eigenvalue weighted by Crippen LogP contribution is -2.37. The Balaban J connectivity index is 1.97. The van der Waals surface area contributed by atoms with E-state index in [1.807, 2.05) is 43.3 Å². The van der Waals surface area contributed by atoms with Crippen LogP contribution in [0.25, 0.3) is 0 Å². The molecule has 3 aromatic rings. The standard InChI is InChI=1S/C26H27ClF3NO/c1-19(15-16-32)31(17-22-13-8-14-24(25(22)27)26(28,29)30)18-23(20-9-4-2-5-10-20)21-11-6-3-7-12-21/h2-14,19,23,32H,15-18H2,1H3/t19-/m1/s1. The number of benzene rings is 3. The number of rotatable bonds is 9. The third-order valence-corrected chi connectivity index (χ3v) is 6.20. The molecule has 1 N–H and O–H groups in total. The van der Waals surface area contributed by atoms with E-state index in [1.165, 1.54) is 6.07 Å². The molecule has 170 valence electrons. The van der Waals surface area contributed by atoms with Gasteiger partial charge in [0, 0.05) is 31.7 Å². The zero-order valence-corrected chi connectivity index (χ0v) is 18.7. The van der Waals surface area contributed by atoms with Gasteiger partial charge < -0.3 is 5.11 Å². The first-order valence-electron chi connectivity index (χ1n) is 10.6. The van der Waals surface area contributed by atoms with Gasteiger partial charge in [-0.1, -0.05) is 84.4 Å². The Bertz CT molecular complexity index is 940. The largest absolute Gasteiger partial charge is 0.417 e. The van der Waals surface area contributed by atoms with Crippen molar-refractivity contribution in [1.82, 2.24) is 4.90 Å². The van der Waals surface area contributed by atoms with Gasteiger partial charge in [0.05, 0.1) is 10.6 Å². The molecule has 0 bridgehead atoms. The Morgan fingerprint density at radius 2 is 1.44 bits per heavy atom. The van der Waals surface area contributed by atoms with Crippen LogP contribution in [0.1, 0.15) is 41.5 Å². The van der Waals surface area contributed by atoms with Crippen molar-refractivity contribution in [3.05, 3.63) is 106 Å². The number of hydrogen-bond donors (Lipinski definition) is 1. The molecule has 2 nitrogen and oxygen atoms in total. The van der Waals surface area contributed by atoms with Crippen molar-refractivity contribution < 1.29 is 18.3 Å². The van der Waals surface area contributed by atoms with Crippen LogP contribution in [0.5, 0.6) is 0 Å². The molecule has 0 radical (unpaired) electrons. The van der Waals surface area contributed by atoms with Gasteiger partial charge in [0.1, 0.15) is 0 Å². The van der Waals surface area contributed by atoms with Crippen LogP contribution in [0.15, 0.2) is 78.9 Å². The zero-order chi connectivity index (χ0) is 23.1. The quantitative estimate of drug-likeness (QED) is 0.380. The van der Waals surface area contributed by atoms with Gasteiger partial charge in [0.15, 0.2) is 0 Å². The van der Waals surface area contributed by atoms with Gasteiger partial charge in [-0.25, -0.2) is 0 Å². The van der Waals surface area contributed by atoms with Crippen molar-refractivity contribution in [2.24, 2.45) is 0 Å². The van der Waals surface area contributed by atoms with Gasteiger partial charge in [0.25, 0.3) is 0 Å². The summed E-state index contributed by atoms with van der Waals surface area (Å²) < 4.78 is 40.1. The lowest BCUT2D eigenvalue weighted by Gasteiger charge is -2.33. The molecule has 0 aliphatic carbocycles. The van der Waals surface area contributed by atoms with Crippen LogP contribution in [0.3, 0.4) is 0 Å².